The first-order chi connectivity index (χ1) is 15.5. The number of carbonyl (C=O) groups excluding carboxylic acids is 4. The van der Waals surface area contributed by atoms with Gasteiger partial charge < -0.3 is 20.1 Å². The topological polar surface area (TPSA) is 126 Å². The van der Waals surface area contributed by atoms with E-state index in [9.17, 15) is 19.2 Å². The quantitative estimate of drug-likeness (QED) is 0.631. The first-order valence-electron chi connectivity index (χ1n) is 10.2. The third kappa shape index (κ3) is 3.29. The Kier molecular flexibility index (Phi) is 4.69. The Labute approximate surface area is 182 Å². The van der Waals surface area contributed by atoms with Crippen LogP contribution in [0.4, 0.5) is 15.3 Å². The van der Waals surface area contributed by atoms with Gasteiger partial charge in [0, 0.05) is 11.8 Å². The van der Waals surface area contributed by atoms with Gasteiger partial charge in [0.2, 0.25) is 12.7 Å². The fraction of sp³-hybridized carbons (Fsp3) is 0.273. The van der Waals surface area contributed by atoms with Crippen LogP contribution in [-0.4, -0.2) is 42.1 Å². The molecule has 1 aliphatic carbocycles. The normalized spacial score (nSPS) is 20.7. The third-order valence-corrected chi connectivity index (χ3v) is 5.84. The van der Waals surface area contributed by atoms with Crippen LogP contribution < -0.4 is 25.4 Å². The van der Waals surface area contributed by atoms with Crippen LogP contribution in [0.5, 0.6) is 11.5 Å². The summed E-state index contributed by atoms with van der Waals surface area (Å²) in [4.78, 5) is 51.2. The first kappa shape index (κ1) is 19.9. The van der Waals surface area contributed by atoms with Crippen molar-refractivity contribution in [1.29, 1.82) is 0 Å². The minimum absolute atomic E-state index is 0.0986. The molecule has 0 bridgehead atoms. The number of rotatable bonds is 3. The van der Waals surface area contributed by atoms with Gasteiger partial charge >= 0.3 is 12.1 Å². The van der Waals surface area contributed by atoms with E-state index in [1.807, 2.05) is 24.3 Å². The summed E-state index contributed by atoms with van der Waals surface area (Å²) in [5.74, 6) is -0.232. The van der Waals surface area contributed by atoms with Crippen LogP contribution in [0.1, 0.15) is 24.0 Å². The second-order valence-electron chi connectivity index (χ2n) is 7.81. The summed E-state index contributed by atoms with van der Waals surface area (Å²) in [6.07, 6.45) is 2.01. The van der Waals surface area contributed by atoms with Crippen molar-refractivity contribution in [2.24, 2.45) is 0 Å². The Hall–Kier alpha value is -4.08. The highest BCUT2D eigenvalue weighted by atomic mass is 16.7. The Balaban J connectivity index is 1.24. The summed E-state index contributed by atoms with van der Waals surface area (Å²) in [7, 11) is 0. The smallest absolute Gasteiger partial charge is 0.325 e. The van der Waals surface area contributed by atoms with Gasteiger partial charge in [0.1, 0.15) is 12.1 Å². The fourth-order valence-electron chi connectivity index (χ4n) is 4.40. The van der Waals surface area contributed by atoms with Crippen LogP contribution in [0.25, 0.3) is 0 Å². The molecule has 2 heterocycles. The van der Waals surface area contributed by atoms with Crippen LogP contribution >= 0.6 is 0 Å². The molecule has 10 heteroatoms. The van der Waals surface area contributed by atoms with Crippen LogP contribution in [0, 0.1) is 0 Å². The zero-order chi connectivity index (χ0) is 22.3. The number of anilines is 1. The number of nitrogens with one attached hydrogen (secondary N) is 3. The maximum atomic E-state index is 13.2. The number of urea groups is 2. The van der Waals surface area contributed by atoms with E-state index >= 15 is 0 Å². The number of imide groups is 2. The first-order valence-corrected chi connectivity index (χ1v) is 10.2. The molecule has 1 spiro atoms. The summed E-state index contributed by atoms with van der Waals surface area (Å²) < 4.78 is 10.5. The number of benzene rings is 2. The summed E-state index contributed by atoms with van der Waals surface area (Å²) in [5, 5.41) is 7.43. The standard InChI is InChI=1S/C22H20N4O6/c27-18(24-20(29)23-14-7-8-16-17(10-14)32-12-31-16)11-26-19(28)22(25-21(26)30)9-3-5-13-4-1-2-6-15(13)22/h1-2,4,6-8,10H,3,5,9,11-12H2,(H,25,30)(H2,23,24,27,29)/t22-/m1/s1. The molecule has 2 aromatic rings. The molecule has 10 nitrogen and oxygen atoms in total. The Morgan fingerprint density at radius 3 is 2.78 bits per heavy atom. The molecule has 1 saturated heterocycles. The Morgan fingerprint density at radius 2 is 1.91 bits per heavy atom. The van der Waals surface area contributed by atoms with Gasteiger partial charge in [0.25, 0.3) is 5.91 Å². The van der Waals surface area contributed by atoms with E-state index in [0.717, 1.165) is 28.9 Å². The molecule has 2 aromatic carbocycles. The highest BCUT2D eigenvalue weighted by molar-refractivity contribution is 6.11. The molecule has 1 atom stereocenters. The van der Waals surface area contributed by atoms with Crippen molar-refractivity contribution in [3.8, 4) is 11.5 Å². The highest BCUT2D eigenvalue weighted by Crippen LogP contribution is 2.39. The van der Waals surface area contributed by atoms with Gasteiger partial charge in [-0.1, -0.05) is 24.3 Å². The average molecular weight is 436 g/mol. The van der Waals surface area contributed by atoms with Gasteiger partial charge in [-0.25, -0.2) is 9.59 Å². The summed E-state index contributed by atoms with van der Waals surface area (Å²) in [5.41, 5.74) is 0.989. The molecule has 0 unspecified atom stereocenters. The SMILES string of the molecule is O=C(CN1C(=O)N[C@@]2(CCCc3ccccc32)C1=O)NC(=O)Nc1ccc2c(c1)OCO2. The van der Waals surface area contributed by atoms with E-state index in [4.69, 9.17) is 9.47 Å². The minimum Gasteiger partial charge on any atom is -0.454 e. The zero-order valence-electron chi connectivity index (χ0n) is 17.0. The van der Waals surface area contributed by atoms with Crippen molar-refractivity contribution in [2.45, 2.75) is 24.8 Å². The molecule has 5 rings (SSSR count). The maximum Gasteiger partial charge on any atom is 0.325 e. The fourth-order valence-corrected chi connectivity index (χ4v) is 4.40. The third-order valence-electron chi connectivity index (χ3n) is 5.84. The largest absolute Gasteiger partial charge is 0.454 e. The minimum atomic E-state index is -1.17. The molecule has 6 amide bonds. The molecule has 3 N–H and O–H groups in total. The molecule has 0 saturated carbocycles. The van der Waals surface area contributed by atoms with Crippen molar-refractivity contribution in [3.63, 3.8) is 0 Å². The van der Waals surface area contributed by atoms with E-state index in [-0.39, 0.29) is 6.79 Å². The lowest BCUT2D eigenvalue weighted by Gasteiger charge is -2.33. The molecule has 164 valence electrons. The number of hydrogen-bond donors (Lipinski definition) is 3. The van der Waals surface area contributed by atoms with Crippen LogP contribution in [0.15, 0.2) is 42.5 Å². The van der Waals surface area contributed by atoms with E-state index in [2.05, 4.69) is 16.0 Å². The molecule has 2 aliphatic heterocycles. The lowest BCUT2D eigenvalue weighted by atomic mass is 9.76. The van der Waals surface area contributed by atoms with Crippen molar-refractivity contribution in [2.75, 3.05) is 18.7 Å². The summed E-state index contributed by atoms with van der Waals surface area (Å²) in [6, 6.07) is 10.8. The van der Waals surface area contributed by atoms with Gasteiger partial charge in [-0.3, -0.25) is 19.8 Å². The number of ether oxygens (including phenoxy) is 2. The Bertz CT molecular complexity index is 1150. The van der Waals surface area contributed by atoms with Crippen molar-refractivity contribution in [1.82, 2.24) is 15.5 Å². The molecule has 1 fully saturated rings. The van der Waals surface area contributed by atoms with Crippen LogP contribution in [-0.2, 0) is 21.5 Å². The lowest BCUT2D eigenvalue weighted by Crippen LogP contribution is -2.47. The molecule has 0 radical (unpaired) electrons. The predicted octanol–water partition coefficient (Wildman–Crippen LogP) is 1.85. The number of nitrogens with zero attached hydrogens (tertiary/aromatic N) is 1. The van der Waals surface area contributed by atoms with Crippen molar-refractivity contribution < 1.29 is 28.7 Å². The van der Waals surface area contributed by atoms with Gasteiger partial charge in [0.05, 0.1) is 0 Å². The average Bonchev–Trinajstić information content (AvgIpc) is 3.32. The van der Waals surface area contributed by atoms with Crippen molar-refractivity contribution >= 4 is 29.6 Å². The lowest BCUT2D eigenvalue weighted by molar-refractivity contribution is -0.135. The van der Waals surface area contributed by atoms with Gasteiger partial charge in [-0.2, -0.15) is 0 Å². The second-order valence-corrected chi connectivity index (χ2v) is 7.81. The van der Waals surface area contributed by atoms with Gasteiger partial charge in [0.15, 0.2) is 11.5 Å². The molecular weight excluding hydrogens is 416 g/mol. The molecule has 32 heavy (non-hydrogen) atoms. The number of fused-ring (bicyclic) bond motifs is 3. The zero-order valence-corrected chi connectivity index (χ0v) is 17.0. The number of carbonyl (C=O) groups is 4. The molecule has 3 aliphatic rings. The van der Waals surface area contributed by atoms with Crippen molar-refractivity contribution in [3.05, 3.63) is 53.6 Å². The van der Waals surface area contributed by atoms with Gasteiger partial charge in [-0.15, -0.1) is 0 Å². The molecule has 0 aromatic heterocycles. The number of amides is 6. The number of aryl methyl sites for hydroxylation is 1. The van der Waals surface area contributed by atoms with E-state index in [1.54, 1.807) is 18.2 Å². The maximum absolute atomic E-state index is 13.2. The molecular formula is C22H20N4O6. The predicted molar refractivity (Wildman–Crippen MR) is 111 cm³/mol. The highest BCUT2D eigenvalue weighted by Gasteiger charge is 2.54. The summed E-state index contributed by atoms with van der Waals surface area (Å²) in [6.45, 7) is -0.468. The Morgan fingerprint density at radius 1 is 1.09 bits per heavy atom. The van der Waals surface area contributed by atoms with Gasteiger partial charge in [-0.05, 0) is 42.5 Å². The van der Waals surface area contributed by atoms with Crippen LogP contribution in [0.3, 0.4) is 0 Å². The second kappa shape index (κ2) is 7.56. The van der Waals surface area contributed by atoms with E-state index in [1.165, 1.54) is 0 Å². The van der Waals surface area contributed by atoms with E-state index < -0.39 is 36.0 Å². The number of hydrogen-bond acceptors (Lipinski definition) is 6. The summed E-state index contributed by atoms with van der Waals surface area (Å²) >= 11 is 0. The van der Waals surface area contributed by atoms with E-state index in [0.29, 0.717) is 23.6 Å². The monoisotopic (exact) mass is 436 g/mol. The van der Waals surface area contributed by atoms with Crippen LogP contribution in [0.2, 0.25) is 0 Å².